The van der Waals surface area contributed by atoms with Gasteiger partial charge in [-0.3, -0.25) is 4.90 Å². The Labute approximate surface area is 116 Å². The van der Waals surface area contributed by atoms with Gasteiger partial charge >= 0.3 is 0 Å². The predicted molar refractivity (Wildman–Crippen MR) is 72.6 cm³/mol. The highest BCUT2D eigenvalue weighted by atomic mass is 19.1. The number of hydrogen-bond acceptors (Lipinski definition) is 4. The van der Waals surface area contributed by atoms with E-state index in [0.717, 1.165) is 37.3 Å². The number of nitrogens with zero attached hydrogens (tertiary/aromatic N) is 2. The van der Waals surface area contributed by atoms with Gasteiger partial charge in [-0.15, -0.1) is 0 Å². The standard InChI is InChI=1S/C15H17FN2O2/c16-13-5-2-1-4-11(13)15-12-10-18(7-3-9-19)8-6-14(12)20-17-15/h1-2,4-5,19H,3,6-10H2. The Balaban J connectivity index is 1.89. The van der Waals surface area contributed by atoms with Crippen LogP contribution in [0.4, 0.5) is 4.39 Å². The summed E-state index contributed by atoms with van der Waals surface area (Å²) in [7, 11) is 0. The second kappa shape index (κ2) is 5.73. The van der Waals surface area contributed by atoms with Crippen LogP contribution < -0.4 is 0 Å². The first-order chi connectivity index (χ1) is 9.79. The molecule has 2 aromatic rings. The molecule has 1 aliphatic heterocycles. The molecule has 1 N–H and O–H groups in total. The second-order valence-corrected chi connectivity index (χ2v) is 5.02. The number of hydrogen-bond donors (Lipinski definition) is 1. The zero-order valence-electron chi connectivity index (χ0n) is 11.2. The minimum Gasteiger partial charge on any atom is -0.396 e. The molecule has 0 fully saturated rings. The normalized spacial score (nSPS) is 15.3. The molecule has 0 unspecified atom stereocenters. The maximum absolute atomic E-state index is 13.9. The van der Waals surface area contributed by atoms with E-state index < -0.39 is 0 Å². The Hall–Kier alpha value is -1.72. The first-order valence-electron chi connectivity index (χ1n) is 6.85. The highest BCUT2D eigenvalue weighted by Gasteiger charge is 2.25. The van der Waals surface area contributed by atoms with Gasteiger partial charge in [-0.25, -0.2) is 4.39 Å². The largest absolute Gasteiger partial charge is 0.396 e. The molecule has 0 spiro atoms. The van der Waals surface area contributed by atoms with Crippen LogP contribution >= 0.6 is 0 Å². The van der Waals surface area contributed by atoms with Crippen LogP contribution in [-0.2, 0) is 13.0 Å². The van der Waals surface area contributed by atoms with Crippen LogP contribution in [0.5, 0.6) is 0 Å². The quantitative estimate of drug-likeness (QED) is 0.930. The van der Waals surface area contributed by atoms with Gasteiger partial charge in [-0.2, -0.15) is 0 Å². The zero-order valence-corrected chi connectivity index (χ0v) is 11.2. The molecule has 0 atom stereocenters. The molecule has 0 aliphatic carbocycles. The fourth-order valence-corrected chi connectivity index (χ4v) is 2.62. The molecule has 0 amide bonds. The Bertz CT molecular complexity index is 597. The number of fused-ring (bicyclic) bond motifs is 1. The third-order valence-electron chi connectivity index (χ3n) is 3.67. The molecule has 0 bridgehead atoms. The summed E-state index contributed by atoms with van der Waals surface area (Å²) in [5, 5.41) is 13.0. The van der Waals surface area contributed by atoms with Gasteiger partial charge in [0.15, 0.2) is 0 Å². The molecule has 0 saturated carbocycles. The van der Waals surface area contributed by atoms with Gasteiger partial charge in [0.1, 0.15) is 17.3 Å². The lowest BCUT2D eigenvalue weighted by Crippen LogP contribution is -2.31. The van der Waals surface area contributed by atoms with Crippen molar-refractivity contribution >= 4 is 0 Å². The summed E-state index contributed by atoms with van der Waals surface area (Å²) in [5.74, 6) is 0.569. The summed E-state index contributed by atoms with van der Waals surface area (Å²) >= 11 is 0. The molecule has 1 aromatic carbocycles. The average molecular weight is 276 g/mol. The molecule has 2 heterocycles. The summed E-state index contributed by atoms with van der Waals surface area (Å²) in [6.45, 7) is 2.60. The summed E-state index contributed by atoms with van der Waals surface area (Å²) in [6, 6.07) is 6.62. The first-order valence-corrected chi connectivity index (χ1v) is 6.85. The molecule has 4 nitrogen and oxygen atoms in total. The third-order valence-corrected chi connectivity index (χ3v) is 3.67. The number of aliphatic hydroxyl groups excluding tert-OH is 1. The maximum atomic E-state index is 13.9. The molecule has 1 aliphatic rings. The van der Waals surface area contributed by atoms with Crippen molar-refractivity contribution in [2.45, 2.75) is 19.4 Å². The highest BCUT2D eigenvalue weighted by Crippen LogP contribution is 2.31. The van der Waals surface area contributed by atoms with E-state index in [9.17, 15) is 4.39 Å². The van der Waals surface area contributed by atoms with Gasteiger partial charge in [-0.05, 0) is 18.6 Å². The van der Waals surface area contributed by atoms with Gasteiger partial charge in [0.05, 0.1) is 0 Å². The second-order valence-electron chi connectivity index (χ2n) is 5.02. The van der Waals surface area contributed by atoms with Crippen LogP contribution in [0.3, 0.4) is 0 Å². The molecule has 3 rings (SSSR count). The minimum absolute atomic E-state index is 0.188. The fraction of sp³-hybridized carbons (Fsp3) is 0.400. The Morgan fingerprint density at radius 1 is 1.35 bits per heavy atom. The lowest BCUT2D eigenvalue weighted by molar-refractivity contribution is 0.204. The van der Waals surface area contributed by atoms with E-state index in [2.05, 4.69) is 10.1 Å². The van der Waals surface area contributed by atoms with Gasteiger partial charge in [0, 0.05) is 43.8 Å². The predicted octanol–water partition coefficient (Wildman–Crippen LogP) is 2.22. The number of aromatic nitrogens is 1. The van der Waals surface area contributed by atoms with Gasteiger partial charge in [0.2, 0.25) is 0 Å². The van der Waals surface area contributed by atoms with Crippen molar-refractivity contribution in [3.05, 3.63) is 41.4 Å². The van der Waals surface area contributed by atoms with Crippen LogP contribution in [0.1, 0.15) is 17.7 Å². The summed E-state index contributed by atoms with van der Waals surface area (Å²) < 4.78 is 19.3. The van der Waals surface area contributed by atoms with Gasteiger partial charge < -0.3 is 9.63 Å². The lowest BCUT2D eigenvalue weighted by atomic mass is 10.0. The Morgan fingerprint density at radius 2 is 2.20 bits per heavy atom. The molecule has 106 valence electrons. The highest BCUT2D eigenvalue weighted by molar-refractivity contribution is 5.64. The van der Waals surface area contributed by atoms with Gasteiger partial charge in [-0.1, -0.05) is 17.3 Å². The van der Waals surface area contributed by atoms with E-state index in [1.54, 1.807) is 18.2 Å². The summed E-state index contributed by atoms with van der Waals surface area (Å²) in [6.07, 6.45) is 1.53. The van der Waals surface area contributed by atoms with Crippen LogP contribution in [0.2, 0.25) is 0 Å². The monoisotopic (exact) mass is 276 g/mol. The maximum Gasteiger partial charge on any atom is 0.143 e. The molecule has 5 heteroatoms. The van der Waals surface area contributed by atoms with Crippen molar-refractivity contribution in [1.82, 2.24) is 10.1 Å². The average Bonchev–Trinajstić information content (AvgIpc) is 2.88. The van der Waals surface area contributed by atoms with E-state index in [1.807, 2.05) is 0 Å². The Morgan fingerprint density at radius 3 is 3.00 bits per heavy atom. The molecular formula is C15H17FN2O2. The molecule has 0 radical (unpaired) electrons. The minimum atomic E-state index is -0.281. The van der Waals surface area contributed by atoms with Crippen LogP contribution in [-0.4, -0.2) is 34.9 Å². The van der Waals surface area contributed by atoms with Crippen LogP contribution in [0, 0.1) is 5.82 Å². The first kappa shape index (κ1) is 13.3. The van der Waals surface area contributed by atoms with Gasteiger partial charge in [0.25, 0.3) is 0 Å². The van der Waals surface area contributed by atoms with E-state index in [0.29, 0.717) is 17.8 Å². The van der Waals surface area contributed by atoms with E-state index in [-0.39, 0.29) is 12.4 Å². The Kier molecular flexibility index (Phi) is 3.80. The van der Waals surface area contributed by atoms with Crippen LogP contribution in [0.15, 0.2) is 28.8 Å². The zero-order chi connectivity index (χ0) is 13.9. The number of aliphatic hydroxyl groups is 1. The van der Waals surface area contributed by atoms with Crippen molar-refractivity contribution < 1.29 is 14.0 Å². The SMILES string of the molecule is OCCCN1CCc2onc(-c3ccccc3F)c2C1. The molecule has 20 heavy (non-hydrogen) atoms. The molecular weight excluding hydrogens is 259 g/mol. The van der Waals surface area contributed by atoms with Crippen LogP contribution in [0.25, 0.3) is 11.3 Å². The topological polar surface area (TPSA) is 49.5 Å². The molecule has 1 aromatic heterocycles. The van der Waals surface area contributed by atoms with Crippen molar-refractivity contribution in [3.63, 3.8) is 0 Å². The summed E-state index contributed by atoms with van der Waals surface area (Å²) in [4.78, 5) is 2.24. The number of rotatable bonds is 4. The van der Waals surface area contributed by atoms with E-state index >= 15 is 0 Å². The molecule has 0 saturated heterocycles. The number of halogens is 1. The summed E-state index contributed by atoms with van der Waals surface area (Å²) in [5.41, 5.74) is 2.06. The van der Waals surface area contributed by atoms with Crippen molar-refractivity contribution in [1.29, 1.82) is 0 Å². The van der Waals surface area contributed by atoms with Crippen molar-refractivity contribution in [2.24, 2.45) is 0 Å². The third kappa shape index (κ3) is 2.46. The van der Waals surface area contributed by atoms with E-state index in [1.165, 1.54) is 6.07 Å². The van der Waals surface area contributed by atoms with Crippen molar-refractivity contribution in [2.75, 3.05) is 19.7 Å². The fourth-order valence-electron chi connectivity index (χ4n) is 2.62. The number of benzene rings is 1. The van der Waals surface area contributed by atoms with E-state index in [4.69, 9.17) is 9.63 Å². The van der Waals surface area contributed by atoms with Crippen molar-refractivity contribution in [3.8, 4) is 11.3 Å². The lowest BCUT2D eigenvalue weighted by Gasteiger charge is -2.25. The smallest absolute Gasteiger partial charge is 0.143 e.